The highest BCUT2D eigenvalue weighted by atomic mass is 32.1. The second-order valence-electron chi connectivity index (χ2n) is 34.7. The number of hydrogen-bond acceptors (Lipinski definition) is 11. The Hall–Kier alpha value is -17.5. The van der Waals surface area contributed by atoms with Crippen LogP contribution in [0.3, 0.4) is 0 Å². The monoisotopic (exact) mass is 1820 g/mol. The van der Waals surface area contributed by atoms with Crippen LogP contribution in [0.15, 0.2) is 512 Å². The van der Waals surface area contributed by atoms with E-state index in [0.717, 1.165) is 163 Å². The zero-order valence-electron chi connectivity index (χ0n) is 74.6. The summed E-state index contributed by atoms with van der Waals surface area (Å²) in [6.07, 6.45) is 0. The molecule has 6 aromatic heterocycles. The maximum atomic E-state index is 6.79. The van der Waals surface area contributed by atoms with Gasteiger partial charge in [-0.1, -0.05) is 212 Å². The molecule has 0 unspecified atom stereocenters. The van der Waals surface area contributed by atoms with E-state index in [4.69, 9.17) is 8.83 Å². The molecule has 0 fully saturated rings. The highest BCUT2D eigenvalue weighted by molar-refractivity contribution is 7.26. The lowest BCUT2D eigenvalue weighted by molar-refractivity contribution is 0.669. The van der Waals surface area contributed by atoms with E-state index >= 15 is 0 Å². The standard InChI is InChI=1S/C66H41N3O2S2.C60H42N4S/c1-4-14-42(15-5-1)67(43-16-6-2-7-17-43)45-26-32-59-55(36-45)51-30-24-49(40-61(51)70-59)68(44-18-8-3-9-19-44)50-25-31-52-56-37-46(27-33-60(56)71-62(52)41-50)69(47-28-34-65-57(38-47)53-20-10-12-22-63(53)72-65)48-29-35-66-58(39-48)54-21-11-13-23-64(54)73-66;1-7-19-43(20-8-1)61(44-21-9-2-10-22-44)49-33-37-57-55(39-49)53-35-31-51(41-58(53)64(57)48-29-17-6-18-30-48)63(47-27-15-5-16-28-47)52-32-36-54-56-40-50(34-38-59(56)65-60(54)42-52)62(45-23-11-3-12-24-45)46-25-13-4-14-26-46/h1-41H;1-42H. The van der Waals surface area contributed by atoms with Gasteiger partial charge in [-0.3, -0.25) is 0 Å². The quantitative estimate of drug-likeness (QED) is 0.0794. The van der Waals surface area contributed by atoms with Crippen LogP contribution in [0.1, 0.15) is 0 Å². The summed E-state index contributed by atoms with van der Waals surface area (Å²) in [5, 5.41) is 14.2. The molecular weight excluding hydrogens is 1740 g/mol. The molecule has 0 N–H and O–H groups in total. The van der Waals surface area contributed by atoms with Crippen molar-refractivity contribution in [1.82, 2.24) is 4.57 Å². The first-order valence-electron chi connectivity index (χ1n) is 46.5. The van der Waals surface area contributed by atoms with Crippen molar-refractivity contribution in [2.75, 3.05) is 29.4 Å². The van der Waals surface area contributed by atoms with Gasteiger partial charge in [0.05, 0.1) is 11.0 Å². The molecule has 0 radical (unpaired) electrons. The van der Waals surface area contributed by atoms with Crippen LogP contribution in [-0.2, 0) is 0 Å². The van der Waals surface area contributed by atoms with Gasteiger partial charge in [0, 0.05) is 213 Å². The van der Waals surface area contributed by atoms with Gasteiger partial charge in [-0.15, -0.1) is 34.0 Å². The van der Waals surface area contributed by atoms with Gasteiger partial charge in [0.2, 0.25) is 0 Å². The summed E-state index contributed by atoms with van der Waals surface area (Å²) < 4.78 is 23.5. The summed E-state index contributed by atoms with van der Waals surface area (Å²) in [4.78, 5) is 14.0. The number of hydrogen-bond donors (Lipinski definition) is 0. The van der Waals surface area contributed by atoms with E-state index in [1.165, 1.54) is 71.3 Å². The SMILES string of the molecule is c1ccc(N(c2ccc3c(c2)oc2ccc(N(c4ccccc4)c4ccccc4)cc23)c2ccc3c(c2)oc2ccc(N(c4ccc5sc6ccccc6c5c4)c4ccc5sc6ccccc6c5c4)cc23)cc1.c1ccc(N(c2ccccc2)c2ccc3sc4cc(N(c5ccccc5)c5ccc6c7cc(N(c8ccccc8)c8ccccc8)ccc7n(-c7ccccc7)c6c5)ccc4c3c2)cc1. The molecule has 0 saturated carbocycles. The number of rotatable bonds is 19. The first-order valence-corrected chi connectivity index (χ1v) is 48.9. The van der Waals surface area contributed by atoms with Crippen molar-refractivity contribution < 1.29 is 8.83 Å². The Morgan fingerprint density at radius 2 is 0.384 bits per heavy atom. The summed E-state index contributed by atoms with van der Waals surface area (Å²) in [5.74, 6) is 0. The average molecular weight is 1820 g/mol. The van der Waals surface area contributed by atoms with E-state index in [-0.39, 0.29) is 0 Å². The van der Waals surface area contributed by atoms with Gasteiger partial charge in [0.15, 0.2) is 0 Å². The van der Waals surface area contributed by atoms with Crippen molar-refractivity contribution in [3.8, 4) is 5.69 Å². The van der Waals surface area contributed by atoms with Crippen molar-refractivity contribution >= 4 is 263 Å². The third-order valence-electron chi connectivity index (χ3n) is 26.5. The number of para-hydroxylation sites is 9. The summed E-state index contributed by atoms with van der Waals surface area (Å²) in [6, 6.07) is 181. The molecule has 12 heteroatoms. The maximum Gasteiger partial charge on any atom is 0.137 e. The minimum Gasteiger partial charge on any atom is -0.456 e. The fourth-order valence-corrected chi connectivity index (χ4v) is 23.5. The normalized spacial score (nSPS) is 11.6. The molecular formula is C126H83N7O2S3. The van der Waals surface area contributed by atoms with Gasteiger partial charge >= 0.3 is 0 Å². The minimum atomic E-state index is 0.813. The van der Waals surface area contributed by atoms with Crippen molar-refractivity contribution in [3.05, 3.63) is 504 Å². The topological polar surface area (TPSA) is 50.7 Å². The van der Waals surface area contributed by atoms with E-state index < -0.39 is 0 Å². The Balaban J connectivity index is 0.000000144. The second-order valence-corrected chi connectivity index (χ2v) is 38.0. The third-order valence-corrected chi connectivity index (χ3v) is 29.9. The predicted molar refractivity (Wildman–Crippen MR) is 589 cm³/mol. The van der Waals surface area contributed by atoms with Gasteiger partial charge in [0.25, 0.3) is 0 Å². The predicted octanol–water partition coefficient (Wildman–Crippen LogP) is 38.2. The molecule has 9 nitrogen and oxygen atoms in total. The van der Waals surface area contributed by atoms with Crippen LogP contribution in [0.2, 0.25) is 0 Å². The van der Waals surface area contributed by atoms with Crippen LogP contribution in [0.5, 0.6) is 0 Å². The lowest BCUT2D eigenvalue weighted by atomic mass is 10.1. The average Bonchev–Trinajstić information content (AvgIpc) is 1.58. The first kappa shape index (κ1) is 81.3. The molecule has 0 bridgehead atoms. The van der Waals surface area contributed by atoms with Crippen LogP contribution in [0.4, 0.5) is 102 Å². The minimum absolute atomic E-state index is 0.813. The molecule has 0 amide bonds. The number of nitrogens with zero attached hydrogens (tertiary/aromatic N) is 7. The van der Waals surface area contributed by atoms with E-state index in [1.807, 2.05) is 34.0 Å². The van der Waals surface area contributed by atoms with Crippen LogP contribution in [0.25, 0.3) is 132 Å². The molecule has 0 aliphatic heterocycles. The third kappa shape index (κ3) is 14.6. The van der Waals surface area contributed by atoms with E-state index in [2.05, 4.69) is 537 Å². The lowest BCUT2D eigenvalue weighted by Crippen LogP contribution is -2.10. The molecule has 6 heterocycles. The number of aromatic nitrogens is 1. The van der Waals surface area contributed by atoms with Crippen LogP contribution < -0.4 is 29.4 Å². The molecule has 0 spiro atoms. The van der Waals surface area contributed by atoms with Gasteiger partial charge in [-0.25, -0.2) is 0 Å². The fraction of sp³-hybridized carbons (Fsp3) is 0. The van der Waals surface area contributed by atoms with E-state index in [9.17, 15) is 0 Å². The second kappa shape index (κ2) is 34.5. The highest BCUT2D eigenvalue weighted by Crippen LogP contribution is 2.52. The van der Waals surface area contributed by atoms with Gasteiger partial charge in [-0.2, -0.15) is 0 Å². The van der Waals surface area contributed by atoms with Crippen molar-refractivity contribution in [2.45, 2.75) is 0 Å². The maximum absolute atomic E-state index is 6.79. The largest absolute Gasteiger partial charge is 0.456 e. The summed E-state index contributed by atoms with van der Waals surface area (Å²) in [5.41, 5.74) is 26.2. The van der Waals surface area contributed by atoms with Crippen LogP contribution in [0, 0.1) is 0 Å². The van der Waals surface area contributed by atoms with Gasteiger partial charge in [-0.05, 0) is 279 Å². The lowest BCUT2D eigenvalue weighted by Gasteiger charge is -2.26. The molecule has 652 valence electrons. The molecule has 27 aromatic rings. The number of anilines is 18. The molecule has 21 aromatic carbocycles. The fourth-order valence-electron chi connectivity index (χ4n) is 20.2. The van der Waals surface area contributed by atoms with E-state index in [1.54, 1.807) is 0 Å². The molecule has 138 heavy (non-hydrogen) atoms. The summed E-state index contributed by atoms with van der Waals surface area (Å²) in [6.45, 7) is 0. The van der Waals surface area contributed by atoms with Crippen molar-refractivity contribution in [2.24, 2.45) is 0 Å². The molecule has 0 saturated heterocycles. The van der Waals surface area contributed by atoms with Crippen molar-refractivity contribution in [3.63, 3.8) is 0 Å². The Morgan fingerprint density at radius 3 is 0.761 bits per heavy atom. The molecule has 0 atom stereocenters. The van der Waals surface area contributed by atoms with Crippen LogP contribution in [-0.4, -0.2) is 4.57 Å². The van der Waals surface area contributed by atoms with Gasteiger partial charge in [0.1, 0.15) is 22.3 Å². The Kier molecular flexibility index (Phi) is 20.3. The van der Waals surface area contributed by atoms with Gasteiger partial charge < -0.3 is 42.8 Å². The first-order chi connectivity index (χ1) is 68.4. The number of benzene rings is 21. The number of thiophene rings is 3. The van der Waals surface area contributed by atoms with Crippen LogP contribution >= 0.6 is 34.0 Å². The smallest absolute Gasteiger partial charge is 0.137 e. The summed E-state index contributed by atoms with van der Waals surface area (Å²) in [7, 11) is 0. The Morgan fingerprint density at radius 1 is 0.138 bits per heavy atom. The van der Waals surface area contributed by atoms with E-state index in [0.29, 0.717) is 0 Å². The molecule has 0 aliphatic carbocycles. The molecule has 27 rings (SSSR count). The van der Waals surface area contributed by atoms with Crippen molar-refractivity contribution in [1.29, 1.82) is 0 Å². The Labute approximate surface area is 808 Å². The number of furan rings is 2. The highest BCUT2D eigenvalue weighted by Gasteiger charge is 2.27. The zero-order chi connectivity index (χ0) is 91.1. The molecule has 0 aliphatic rings. The summed E-state index contributed by atoms with van der Waals surface area (Å²) >= 11 is 5.54. The number of fused-ring (bicyclic) bond motifs is 18. The zero-order valence-corrected chi connectivity index (χ0v) is 77.0. The Bertz CT molecular complexity index is 9020.